The van der Waals surface area contributed by atoms with Crippen LogP contribution in [0, 0.1) is 0 Å². The van der Waals surface area contributed by atoms with Crippen molar-refractivity contribution in [2.24, 2.45) is 7.05 Å². The van der Waals surface area contributed by atoms with Crippen LogP contribution in [0.2, 0.25) is 0 Å². The van der Waals surface area contributed by atoms with Crippen molar-refractivity contribution in [3.63, 3.8) is 0 Å². The van der Waals surface area contributed by atoms with Gasteiger partial charge in [-0.1, -0.05) is 39.3 Å². The van der Waals surface area contributed by atoms with Crippen LogP contribution in [-0.4, -0.2) is 15.0 Å². The number of ether oxygens (including phenoxy) is 1. The summed E-state index contributed by atoms with van der Waals surface area (Å²) in [6.45, 7) is 0. The number of rotatable bonds is 3. The molecule has 0 saturated heterocycles. The molecule has 0 aliphatic carbocycles. The minimum Gasteiger partial charge on any atom is -0.457 e. The molecular weight excluding hydrogens is 318 g/mol. The molecule has 0 N–H and O–H groups in total. The van der Waals surface area contributed by atoms with E-state index in [0.29, 0.717) is 0 Å². The van der Waals surface area contributed by atoms with Crippen molar-refractivity contribution in [3.05, 3.63) is 59.2 Å². The highest BCUT2D eigenvalue weighted by Gasteiger charge is 2.04. The lowest BCUT2D eigenvalue weighted by Crippen LogP contribution is -1.85. The molecule has 0 aliphatic rings. The molecule has 1 heterocycles. The number of nitrogens with zero attached hydrogens (tertiary/aromatic N) is 3. The molecule has 0 spiro atoms. The van der Waals surface area contributed by atoms with Gasteiger partial charge < -0.3 is 4.74 Å². The van der Waals surface area contributed by atoms with E-state index < -0.39 is 0 Å². The van der Waals surface area contributed by atoms with Gasteiger partial charge >= 0.3 is 0 Å². The predicted octanol–water partition coefficient (Wildman–Crippen LogP) is 4.04. The van der Waals surface area contributed by atoms with E-state index in [1.807, 2.05) is 61.8 Å². The number of hydrogen-bond acceptors (Lipinski definition) is 3. The Morgan fingerprint density at radius 2 is 1.80 bits per heavy atom. The third-order valence-electron chi connectivity index (χ3n) is 2.76. The van der Waals surface area contributed by atoms with E-state index in [9.17, 15) is 0 Å². The summed E-state index contributed by atoms with van der Waals surface area (Å²) in [6.07, 6.45) is 1.87. The molecule has 3 rings (SSSR count). The fraction of sp³-hybridized carbons (Fsp3) is 0.0667. The molecule has 0 radical (unpaired) electrons. The largest absolute Gasteiger partial charge is 0.457 e. The Balaban J connectivity index is 1.88. The predicted molar refractivity (Wildman–Crippen MR) is 80.7 cm³/mol. The first-order chi connectivity index (χ1) is 9.70. The lowest BCUT2D eigenvalue weighted by Gasteiger charge is -2.07. The first-order valence-corrected chi connectivity index (χ1v) is 6.90. The second kappa shape index (κ2) is 5.46. The fourth-order valence-electron chi connectivity index (χ4n) is 1.87. The van der Waals surface area contributed by atoms with Crippen molar-refractivity contribution >= 4 is 15.9 Å². The number of aryl methyl sites for hydroxylation is 1. The second-order valence-corrected chi connectivity index (χ2v) is 5.28. The molecule has 5 heteroatoms. The lowest BCUT2D eigenvalue weighted by molar-refractivity contribution is 0.482. The van der Waals surface area contributed by atoms with E-state index >= 15 is 0 Å². The number of aromatic nitrogens is 3. The molecule has 0 unspecified atom stereocenters. The summed E-state index contributed by atoms with van der Waals surface area (Å²) in [5.74, 6) is 1.56. The average molecular weight is 330 g/mol. The first kappa shape index (κ1) is 12.9. The lowest BCUT2D eigenvalue weighted by atomic mass is 10.1. The van der Waals surface area contributed by atoms with Gasteiger partial charge in [0, 0.05) is 17.1 Å². The van der Waals surface area contributed by atoms with Crippen LogP contribution in [-0.2, 0) is 7.05 Å². The Hall–Kier alpha value is -2.14. The van der Waals surface area contributed by atoms with Crippen molar-refractivity contribution in [2.45, 2.75) is 0 Å². The Morgan fingerprint density at radius 1 is 1.05 bits per heavy atom. The van der Waals surface area contributed by atoms with Crippen LogP contribution < -0.4 is 4.74 Å². The van der Waals surface area contributed by atoms with Crippen molar-refractivity contribution in [1.29, 1.82) is 0 Å². The van der Waals surface area contributed by atoms with Gasteiger partial charge in [0.05, 0.1) is 6.20 Å². The Bertz CT molecular complexity index is 739. The van der Waals surface area contributed by atoms with Gasteiger partial charge in [-0.25, -0.2) is 0 Å². The minimum atomic E-state index is 0.770. The Labute approximate surface area is 125 Å². The zero-order valence-corrected chi connectivity index (χ0v) is 12.4. The Kier molecular flexibility index (Phi) is 3.52. The molecule has 3 aromatic rings. The van der Waals surface area contributed by atoms with Gasteiger partial charge in [-0.2, -0.15) is 0 Å². The smallest absolute Gasteiger partial charge is 0.128 e. The van der Waals surface area contributed by atoms with Gasteiger partial charge in [-0.05, 0) is 30.3 Å². The maximum absolute atomic E-state index is 5.84. The van der Waals surface area contributed by atoms with E-state index in [2.05, 4.69) is 26.2 Å². The summed E-state index contributed by atoms with van der Waals surface area (Å²) in [6, 6.07) is 15.5. The molecule has 100 valence electrons. The molecule has 1 aromatic heterocycles. The maximum Gasteiger partial charge on any atom is 0.128 e. The summed E-state index contributed by atoms with van der Waals surface area (Å²) < 4.78 is 8.51. The normalized spacial score (nSPS) is 10.5. The molecule has 0 atom stereocenters. The summed E-state index contributed by atoms with van der Waals surface area (Å²) >= 11 is 3.43. The highest BCUT2D eigenvalue weighted by atomic mass is 79.9. The van der Waals surface area contributed by atoms with Crippen LogP contribution in [0.3, 0.4) is 0 Å². The van der Waals surface area contributed by atoms with Crippen molar-refractivity contribution in [2.75, 3.05) is 0 Å². The van der Waals surface area contributed by atoms with E-state index in [1.54, 1.807) is 4.68 Å². The van der Waals surface area contributed by atoms with Crippen LogP contribution in [0.25, 0.3) is 11.3 Å². The number of benzene rings is 2. The standard InChI is InChI=1S/C15H12BrN3O/c1-19-10-15(17-18-19)11-4-2-6-13(8-11)20-14-7-3-5-12(16)9-14/h2-10H,1H3. The molecule has 0 bridgehead atoms. The zero-order chi connectivity index (χ0) is 13.9. The van der Waals surface area contributed by atoms with Crippen molar-refractivity contribution in [1.82, 2.24) is 15.0 Å². The van der Waals surface area contributed by atoms with Crippen LogP contribution in [0.15, 0.2) is 59.2 Å². The molecule has 0 fully saturated rings. The van der Waals surface area contributed by atoms with Gasteiger partial charge in [0.25, 0.3) is 0 Å². The Morgan fingerprint density at radius 3 is 2.50 bits per heavy atom. The highest BCUT2D eigenvalue weighted by molar-refractivity contribution is 9.10. The van der Waals surface area contributed by atoms with Gasteiger partial charge in [0.2, 0.25) is 0 Å². The van der Waals surface area contributed by atoms with E-state index in [0.717, 1.165) is 27.2 Å². The molecule has 2 aromatic carbocycles. The summed E-state index contributed by atoms with van der Waals surface area (Å²) in [5, 5.41) is 8.04. The third kappa shape index (κ3) is 2.88. The van der Waals surface area contributed by atoms with Crippen LogP contribution >= 0.6 is 15.9 Å². The van der Waals surface area contributed by atoms with E-state index in [-0.39, 0.29) is 0 Å². The topological polar surface area (TPSA) is 39.9 Å². The molecule has 0 aliphatic heterocycles. The minimum absolute atomic E-state index is 0.770. The maximum atomic E-state index is 5.84. The van der Waals surface area contributed by atoms with Gasteiger partial charge in [-0.15, -0.1) is 5.10 Å². The average Bonchev–Trinajstić information content (AvgIpc) is 2.86. The number of hydrogen-bond donors (Lipinski definition) is 0. The highest BCUT2D eigenvalue weighted by Crippen LogP contribution is 2.27. The van der Waals surface area contributed by atoms with Crippen molar-refractivity contribution in [3.8, 4) is 22.8 Å². The summed E-state index contributed by atoms with van der Waals surface area (Å²) in [4.78, 5) is 0. The summed E-state index contributed by atoms with van der Waals surface area (Å²) in [7, 11) is 1.85. The first-order valence-electron chi connectivity index (χ1n) is 6.11. The van der Waals surface area contributed by atoms with Crippen LogP contribution in [0.4, 0.5) is 0 Å². The van der Waals surface area contributed by atoms with Gasteiger partial charge in [0.1, 0.15) is 17.2 Å². The quantitative estimate of drug-likeness (QED) is 0.728. The van der Waals surface area contributed by atoms with Gasteiger partial charge in [0.15, 0.2) is 0 Å². The van der Waals surface area contributed by atoms with E-state index in [4.69, 9.17) is 4.74 Å². The third-order valence-corrected chi connectivity index (χ3v) is 3.26. The van der Waals surface area contributed by atoms with Gasteiger partial charge in [-0.3, -0.25) is 4.68 Å². The molecular formula is C15H12BrN3O. The molecule has 4 nitrogen and oxygen atoms in total. The fourth-order valence-corrected chi connectivity index (χ4v) is 2.24. The second-order valence-electron chi connectivity index (χ2n) is 4.36. The van der Waals surface area contributed by atoms with Crippen LogP contribution in [0.5, 0.6) is 11.5 Å². The molecule has 0 saturated carbocycles. The SMILES string of the molecule is Cn1cc(-c2cccc(Oc3cccc(Br)c3)c2)nn1. The zero-order valence-electron chi connectivity index (χ0n) is 10.8. The molecule has 20 heavy (non-hydrogen) atoms. The number of halogens is 1. The van der Waals surface area contributed by atoms with Crippen LogP contribution in [0.1, 0.15) is 0 Å². The van der Waals surface area contributed by atoms with E-state index in [1.165, 1.54) is 0 Å². The molecule has 0 amide bonds. The summed E-state index contributed by atoms with van der Waals surface area (Å²) in [5.41, 5.74) is 1.80. The monoisotopic (exact) mass is 329 g/mol. The van der Waals surface area contributed by atoms with Crippen molar-refractivity contribution < 1.29 is 4.74 Å².